The number of urea groups is 1. The fourth-order valence-electron chi connectivity index (χ4n) is 3.36. The van der Waals surface area contributed by atoms with E-state index < -0.39 is 36.4 Å². The quantitative estimate of drug-likeness (QED) is 0.684. The Morgan fingerprint density at radius 3 is 2.53 bits per heavy atom. The second-order valence-corrected chi connectivity index (χ2v) is 6.86. The smallest absolute Gasteiger partial charge is 0.416 e. The maximum Gasteiger partial charge on any atom is 0.416 e. The average molecular weight is 445 g/mol. The van der Waals surface area contributed by atoms with E-state index in [-0.39, 0.29) is 23.6 Å². The molecule has 0 saturated carbocycles. The van der Waals surface area contributed by atoms with Gasteiger partial charge in [-0.2, -0.15) is 18.4 Å². The first kappa shape index (κ1) is 22.8. The van der Waals surface area contributed by atoms with Crippen LogP contribution in [-0.2, 0) is 15.7 Å². The minimum atomic E-state index is -4.62. The minimum Gasteiger partial charge on any atom is -0.460 e. The molecule has 0 spiro atoms. The number of esters is 1. The van der Waals surface area contributed by atoms with E-state index in [1.165, 1.54) is 25.1 Å². The largest absolute Gasteiger partial charge is 0.460 e. The number of alkyl halides is 3. The zero-order chi connectivity index (χ0) is 23.5. The number of nitrogens with one attached hydrogen (secondary N) is 1. The molecule has 1 unspecified atom stereocenters. The summed E-state index contributed by atoms with van der Waals surface area (Å²) in [5.74, 6) is -0.845. The molecule has 2 N–H and O–H groups in total. The van der Waals surface area contributed by atoms with E-state index in [1.54, 1.807) is 12.1 Å². The Morgan fingerprint density at radius 1 is 1.25 bits per heavy atom. The lowest BCUT2D eigenvalue weighted by Gasteiger charge is -2.35. The Hall–Kier alpha value is -3.84. The van der Waals surface area contributed by atoms with E-state index in [9.17, 15) is 22.8 Å². The third-order valence-corrected chi connectivity index (χ3v) is 4.83. The number of nitrogens with zero attached hydrogens (tertiary/aromatic N) is 2. The molecule has 1 heterocycles. The second kappa shape index (κ2) is 9.11. The summed E-state index contributed by atoms with van der Waals surface area (Å²) in [5, 5.41) is 20.6. The molecule has 2 aromatic carbocycles. The van der Waals surface area contributed by atoms with Crippen LogP contribution >= 0.6 is 0 Å². The van der Waals surface area contributed by atoms with E-state index in [2.05, 4.69) is 5.32 Å². The highest BCUT2D eigenvalue weighted by molar-refractivity contribution is 6.03. The van der Waals surface area contributed by atoms with Gasteiger partial charge in [-0.3, -0.25) is 4.90 Å². The molecule has 1 aliphatic rings. The SMILES string of the molecule is CC1=C(C(=O)OCCO)C(c2ccc(C#N)cc2)NC(=O)N1c1cccc(C(F)(F)F)c1. The zero-order valence-corrected chi connectivity index (χ0v) is 16.8. The number of rotatable bonds is 5. The number of allylic oxidation sites excluding steroid dienone is 1. The Kier molecular flexibility index (Phi) is 6.50. The summed E-state index contributed by atoms with van der Waals surface area (Å²) < 4.78 is 44.5. The molecule has 0 aliphatic carbocycles. The van der Waals surface area contributed by atoms with E-state index in [0.717, 1.165) is 23.1 Å². The number of hydrogen-bond donors (Lipinski definition) is 2. The van der Waals surface area contributed by atoms with Crippen molar-refractivity contribution in [2.75, 3.05) is 18.1 Å². The van der Waals surface area contributed by atoms with Gasteiger partial charge in [0, 0.05) is 5.70 Å². The molecule has 0 bridgehead atoms. The lowest BCUT2D eigenvalue weighted by molar-refractivity contribution is -0.140. The minimum absolute atomic E-state index is 0.0137. The van der Waals surface area contributed by atoms with Crippen LogP contribution in [0.5, 0.6) is 0 Å². The van der Waals surface area contributed by atoms with Crippen molar-refractivity contribution >= 4 is 17.7 Å². The normalized spacial score (nSPS) is 16.4. The molecule has 7 nitrogen and oxygen atoms in total. The van der Waals surface area contributed by atoms with Gasteiger partial charge in [0.25, 0.3) is 0 Å². The van der Waals surface area contributed by atoms with Crippen molar-refractivity contribution in [2.45, 2.75) is 19.1 Å². The van der Waals surface area contributed by atoms with Gasteiger partial charge in [-0.1, -0.05) is 18.2 Å². The number of carbonyl (C=O) groups excluding carboxylic acids is 2. The number of hydrogen-bond acceptors (Lipinski definition) is 5. The molecule has 2 aromatic rings. The molecule has 166 valence electrons. The number of carbonyl (C=O) groups is 2. The highest BCUT2D eigenvalue weighted by Gasteiger charge is 2.38. The Bertz CT molecular complexity index is 1100. The molecular formula is C22H18F3N3O4. The predicted molar refractivity (Wildman–Crippen MR) is 107 cm³/mol. The molecule has 10 heteroatoms. The van der Waals surface area contributed by atoms with E-state index in [0.29, 0.717) is 11.1 Å². The molecule has 2 amide bonds. The zero-order valence-electron chi connectivity index (χ0n) is 16.8. The van der Waals surface area contributed by atoms with Crippen molar-refractivity contribution in [1.82, 2.24) is 5.32 Å². The van der Waals surface area contributed by atoms with Gasteiger partial charge >= 0.3 is 18.2 Å². The van der Waals surface area contributed by atoms with Gasteiger partial charge < -0.3 is 15.2 Å². The maximum atomic E-state index is 13.2. The number of aliphatic hydroxyl groups is 1. The predicted octanol–water partition coefficient (Wildman–Crippen LogP) is 3.66. The first-order valence-electron chi connectivity index (χ1n) is 9.44. The summed E-state index contributed by atoms with van der Waals surface area (Å²) in [6.45, 7) is 0.696. The maximum absolute atomic E-state index is 13.2. The van der Waals surface area contributed by atoms with Crippen molar-refractivity contribution < 1.29 is 32.6 Å². The van der Waals surface area contributed by atoms with Crippen molar-refractivity contribution in [3.05, 3.63) is 76.5 Å². The summed E-state index contributed by atoms with van der Waals surface area (Å²) in [7, 11) is 0. The van der Waals surface area contributed by atoms with Gasteiger partial charge in [-0.15, -0.1) is 0 Å². The molecule has 0 radical (unpaired) electrons. The third-order valence-electron chi connectivity index (χ3n) is 4.83. The van der Waals surface area contributed by atoms with Crippen molar-refractivity contribution in [3.63, 3.8) is 0 Å². The average Bonchev–Trinajstić information content (AvgIpc) is 2.76. The van der Waals surface area contributed by atoms with Gasteiger partial charge in [0.05, 0.1) is 41.1 Å². The molecule has 1 atom stereocenters. The summed E-state index contributed by atoms with van der Waals surface area (Å²) in [4.78, 5) is 26.7. The van der Waals surface area contributed by atoms with Crippen LogP contribution in [0.1, 0.15) is 29.7 Å². The summed E-state index contributed by atoms with van der Waals surface area (Å²) in [5.41, 5.74) is -0.136. The number of aliphatic hydroxyl groups excluding tert-OH is 1. The van der Waals surface area contributed by atoms with Crippen LogP contribution in [0.3, 0.4) is 0 Å². The van der Waals surface area contributed by atoms with Crippen molar-refractivity contribution in [2.24, 2.45) is 0 Å². The lowest BCUT2D eigenvalue weighted by atomic mass is 9.94. The Morgan fingerprint density at radius 2 is 1.94 bits per heavy atom. The summed E-state index contributed by atoms with van der Waals surface area (Å²) >= 11 is 0. The number of amides is 2. The van der Waals surface area contributed by atoms with Crippen LogP contribution in [0.4, 0.5) is 23.7 Å². The van der Waals surface area contributed by atoms with Gasteiger partial charge in [0.1, 0.15) is 6.61 Å². The van der Waals surface area contributed by atoms with Crippen LogP contribution < -0.4 is 10.2 Å². The van der Waals surface area contributed by atoms with Crippen LogP contribution in [0, 0.1) is 11.3 Å². The van der Waals surface area contributed by atoms with E-state index in [1.807, 2.05) is 6.07 Å². The van der Waals surface area contributed by atoms with Crippen LogP contribution in [0.2, 0.25) is 0 Å². The number of benzene rings is 2. The monoisotopic (exact) mass is 445 g/mol. The Balaban J connectivity index is 2.12. The van der Waals surface area contributed by atoms with Crippen LogP contribution in [-0.4, -0.2) is 30.3 Å². The van der Waals surface area contributed by atoms with E-state index in [4.69, 9.17) is 15.1 Å². The number of anilines is 1. The molecular weight excluding hydrogens is 427 g/mol. The topological polar surface area (TPSA) is 103 Å². The van der Waals surface area contributed by atoms with Crippen LogP contribution in [0.25, 0.3) is 0 Å². The lowest BCUT2D eigenvalue weighted by Crippen LogP contribution is -2.48. The Labute approximate surface area is 181 Å². The fourth-order valence-corrected chi connectivity index (χ4v) is 3.36. The second-order valence-electron chi connectivity index (χ2n) is 6.86. The first-order valence-corrected chi connectivity index (χ1v) is 9.44. The summed E-state index contributed by atoms with van der Waals surface area (Å²) in [6.07, 6.45) is -4.62. The molecule has 1 aliphatic heterocycles. The van der Waals surface area contributed by atoms with Gasteiger partial charge in [0.15, 0.2) is 0 Å². The molecule has 0 saturated heterocycles. The highest BCUT2D eigenvalue weighted by atomic mass is 19.4. The van der Waals surface area contributed by atoms with Gasteiger partial charge in [-0.25, -0.2) is 9.59 Å². The fraction of sp³-hybridized carbons (Fsp3) is 0.227. The molecule has 3 rings (SSSR count). The highest BCUT2D eigenvalue weighted by Crippen LogP contribution is 2.37. The number of nitriles is 1. The van der Waals surface area contributed by atoms with Crippen LogP contribution in [0.15, 0.2) is 59.8 Å². The molecule has 0 fully saturated rings. The third kappa shape index (κ3) is 4.58. The standard InChI is InChI=1S/C22H18F3N3O4/c1-13-18(20(30)32-10-9-29)19(15-7-5-14(12-26)6-8-15)27-21(31)28(13)17-4-2-3-16(11-17)22(23,24)25/h2-8,11,19,29H,9-10H2,1H3,(H,27,31). The molecule has 0 aromatic heterocycles. The number of ether oxygens (including phenoxy) is 1. The first-order chi connectivity index (χ1) is 15.2. The molecule has 32 heavy (non-hydrogen) atoms. The van der Waals surface area contributed by atoms with Gasteiger partial charge in [0.2, 0.25) is 0 Å². The van der Waals surface area contributed by atoms with E-state index >= 15 is 0 Å². The van der Waals surface area contributed by atoms with Crippen molar-refractivity contribution in [3.8, 4) is 6.07 Å². The number of halogens is 3. The van der Waals surface area contributed by atoms with Gasteiger partial charge in [-0.05, 0) is 42.8 Å². The van der Waals surface area contributed by atoms with Crippen molar-refractivity contribution in [1.29, 1.82) is 5.26 Å². The summed E-state index contributed by atoms with van der Waals surface area (Å²) in [6, 6.07) is 10.5.